The van der Waals surface area contributed by atoms with E-state index in [4.69, 9.17) is 11.6 Å². The van der Waals surface area contributed by atoms with Crippen molar-refractivity contribution in [1.29, 1.82) is 0 Å². The van der Waals surface area contributed by atoms with E-state index in [2.05, 4.69) is 39.7 Å². The third-order valence-electron chi connectivity index (χ3n) is 10.00. The number of piperazine rings is 1. The SMILES string of the molecule is CN(C)CCC(CSc1ccccc1)Nc1ccc(S(=O)(=O)Nc2ncnc3cc(N4CCN(Cc5cnccc5-c5ccc(Cl)cc5)CC4)ccc23)cc1[N+](=O)[O-]. The van der Waals surface area contributed by atoms with Gasteiger partial charge >= 0.3 is 0 Å². The van der Waals surface area contributed by atoms with Gasteiger partial charge in [0.25, 0.3) is 15.7 Å². The summed E-state index contributed by atoms with van der Waals surface area (Å²) in [7, 11) is -0.319. The summed E-state index contributed by atoms with van der Waals surface area (Å²) < 4.78 is 30.0. The monoisotopic (exact) mass is 837 g/mol. The predicted molar refractivity (Wildman–Crippen MR) is 233 cm³/mol. The van der Waals surface area contributed by atoms with Crippen molar-refractivity contribution in [3.05, 3.63) is 136 Å². The highest BCUT2D eigenvalue weighted by molar-refractivity contribution is 7.99. The van der Waals surface area contributed by atoms with E-state index in [0.29, 0.717) is 21.7 Å². The molecule has 1 aliphatic heterocycles. The third kappa shape index (κ3) is 10.2. The van der Waals surface area contributed by atoms with Gasteiger partial charge in [-0.25, -0.2) is 18.4 Å². The number of nitrogens with zero attached hydrogens (tertiary/aromatic N) is 7. The summed E-state index contributed by atoms with van der Waals surface area (Å²) in [5.41, 5.74) is 4.84. The van der Waals surface area contributed by atoms with E-state index in [1.54, 1.807) is 17.8 Å². The van der Waals surface area contributed by atoms with Crippen molar-refractivity contribution in [1.82, 2.24) is 24.8 Å². The van der Waals surface area contributed by atoms with E-state index in [-0.39, 0.29) is 28.1 Å². The number of fused-ring (bicyclic) bond motifs is 1. The van der Waals surface area contributed by atoms with E-state index in [0.717, 1.165) is 79.0 Å². The number of aromatic nitrogens is 3. The molecule has 0 radical (unpaired) electrons. The van der Waals surface area contributed by atoms with Crippen LogP contribution in [-0.2, 0) is 16.6 Å². The summed E-state index contributed by atoms with van der Waals surface area (Å²) in [6, 6.07) is 29.3. The topological polar surface area (TPSA) is 150 Å². The molecule has 1 saturated heterocycles. The maximum Gasteiger partial charge on any atom is 0.293 e. The minimum Gasteiger partial charge on any atom is -0.376 e. The van der Waals surface area contributed by atoms with Crippen LogP contribution in [-0.4, -0.2) is 96.7 Å². The molecule has 7 rings (SSSR count). The molecular weight excluding hydrogens is 794 g/mol. The zero-order chi connectivity index (χ0) is 40.6. The fourth-order valence-corrected chi connectivity index (χ4v) is 9.04. The van der Waals surface area contributed by atoms with Crippen LogP contribution in [0.15, 0.2) is 126 Å². The van der Waals surface area contributed by atoms with Gasteiger partial charge < -0.3 is 15.1 Å². The molecule has 300 valence electrons. The van der Waals surface area contributed by atoms with Crippen LogP contribution in [0.25, 0.3) is 22.0 Å². The molecule has 1 unspecified atom stereocenters. The van der Waals surface area contributed by atoms with Gasteiger partial charge in [-0.1, -0.05) is 41.9 Å². The molecule has 1 aliphatic rings. The van der Waals surface area contributed by atoms with Crippen LogP contribution in [0, 0.1) is 10.1 Å². The summed E-state index contributed by atoms with van der Waals surface area (Å²) in [5.74, 6) is 0.745. The van der Waals surface area contributed by atoms with Crippen molar-refractivity contribution in [2.45, 2.75) is 28.8 Å². The van der Waals surface area contributed by atoms with Gasteiger partial charge in [-0.3, -0.25) is 24.7 Å². The number of anilines is 3. The summed E-state index contributed by atoms with van der Waals surface area (Å²) in [4.78, 5) is 32.4. The zero-order valence-corrected chi connectivity index (χ0v) is 34.6. The summed E-state index contributed by atoms with van der Waals surface area (Å²) >= 11 is 7.78. The number of nitro groups is 1. The lowest BCUT2D eigenvalue weighted by Crippen LogP contribution is -2.46. The van der Waals surface area contributed by atoms with E-state index in [9.17, 15) is 18.5 Å². The smallest absolute Gasteiger partial charge is 0.293 e. The van der Waals surface area contributed by atoms with E-state index >= 15 is 0 Å². The Morgan fingerprint density at radius 2 is 1.72 bits per heavy atom. The minimum atomic E-state index is -4.27. The standard InChI is InChI=1S/C42H44ClN9O4S2/c1-49(2)19-17-33(28-57-35-6-4-3-5-7-35)47-39-15-13-36(25-41(39)52(53)54)58(55,56)48-42-38-14-12-34(24-40(38)45-29-46-42)51-22-20-50(21-23-51)27-31-26-44-18-16-37(31)30-8-10-32(43)11-9-30/h3-16,18,24-26,29,33,47H,17,19-23,27-28H2,1-2H3,(H,45,46,48). The Hall–Kier alpha value is -5.32. The van der Waals surface area contributed by atoms with Crippen LogP contribution < -0.4 is 14.9 Å². The number of nitro benzene ring substituents is 1. The van der Waals surface area contributed by atoms with Crippen molar-refractivity contribution in [2.24, 2.45) is 0 Å². The van der Waals surface area contributed by atoms with E-state index < -0.39 is 14.9 Å². The van der Waals surface area contributed by atoms with Gasteiger partial charge in [0.15, 0.2) is 5.82 Å². The fraction of sp³-hybridized carbons (Fsp3) is 0.262. The Labute approximate surface area is 347 Å². The lowest BCUT2D eigenvalue weighted by Gasteiger charge is -2.36. The normalized spacial score (nSPS) is 14.1. The van der Waals surface area contributed by atoms with Crippen LogP contribution in [0.2, 0.25) is 5.02 Å². The molecule has 0 saturated carbocycles. The maximum absolute atomic E-state index is 13.7. The molecule has 0 aliphatic carbocycles. The van der Waals surface area contributed by atoms with E-state index in [1.165, 1.54) is 18.5 Å². The molecule has 16 heteroatoms. The van der Waals surface area contributed by atoms with Gasteiger partial charge in [0.05, 0.1) is 15.3 Å². The first-order chi connectivity index (χ1) is 28.0. The van der Waals surface area contributed by atoms with Crippen LogP contribution in [0.4, 0.5) is 22.9 Å². The lowest BCUT2D eigenvalue weighted by atomic mass is 10.0. The van der Waals surface area contributed by atoms with Gasteiger partial charge in [-0.2, -0.15) is 0 Å². The second-order valence-corrected chi connectivity index (χ2v) is 17.5. The van der Waals surface area contributed by atoms with Crippen molar-refractivity contribution in [3.63, 3.8) is 0 Å². The highest BCUT2D eigenvalue weighted by Gasteiger charge is 2.25. The van der Waals surface area contributed by atoms with Gasteiger partial charge in [0, 0.05) is 84.0 Å². The number of benzene rings is 4. The summed E-state index contributed by atoms with van der Waals surface area (Å²) in [6.07, 6.45) is 5.77. The number of halogens is 1. The largest absolute Gasteiger partial charge is 0.376 e. The average Bonchev–Trinajstić information content (AvgIpc) is 3.23. The van der Waals surface area contributed by atoms with Crippen LogP contribution >= 0.6 is 23.4 Å². The number of rotatable bonds is 16. The Morgan fingerprint density at radius 1 is 0.948 bits per heavy atom. The Morgan fingerprint density at radius 3 is 2.47 bits per heavy atom. The molecule has 1 atom stereocenters. The van der Waals surface area contributed by atoms with Gasteiger partial charge in [0.1, 0.15) is 12.0 Å². The summed E-state index contributed by atoms with van der Waals surface area (Å²) in [6.45, 7) is 4.79. The molecule has 0 amide bonds. The predicted octanol–water partition coefficient (Wildman–Crippen LogP) is 7.90. The molecule has 4 aromatic carbocycles. The zero-order valence-electron chi connectivity index (χ0n) is 32.2. The van der Waals surface area contributed by atoms with Crippen molar-refractivity contribution in [3.8, 4) is 11.1 Å². The second kappa shape index (κ2) is 18.5. The molecule has 2 aromatic heterocycles. The molecule has 1 fully saturated rings. The molecule has 6 aromatic rings. The first kappa shape index (κ1) is 40.9. The number of sulfonamides is 1. The molecular formula is C42H44ClN9O4S2. The van der Waals surface area contributed by atoms with Crippen LogP contribution in [0.5, 0.6) is 0 Å². The molecule has 0 bridgehead atoms. The van der Waals surface area contributed by atoms with Gasteiger partial charge in [0.2, 0.25) is 0 Å². The second-order valence-electron chi connectivity index (χ2n) is 14.3. The number of hydrogen-bond acceptors (Lipinski definition) is 12. The lowest BCUT2D eigenvalue weighted by molar-refractivity contribution is -0.384. The van der Waals surface area contributed by atoms with Gasteiger partial charge in [-0.05, 0) is 104 Å². The first-order valence-corrected chi connectivity index (χ1v) is 21.7. The van der Waals surface area contributed by atoms with E-state index in [1.807, 2.05) is 99.3 Å². The van der Waals surface area contributed by atoms with Crippen molar-refractivity contribution in [2.75, 3.05) is 67.5 Å². The summed E-state index contributed by atoms with van der Waals surface area (Å²) in [5, 5.41) is 16.8. The number of hydrogen-bond donors (Lipinski definition) is 2. The highest BCUT2D eigenvalue weighted by Crippen LogP contribution is 2.33. The highest BCUT2D eigenvalue weighted by atomic mass is 35.5. The fourth-order valence-electron chi connectivity index (χ4n) is 6.88. The minimum absolute atomic E-state index is 0.0841. The molecule has 3 heterocycles. The Bertz CT molecular complexity index is 2470. The Kier molecular flexibility index (Phi) is 13.0. The Balaban J connectivity index is 1.02. The first-order valence-electron chi connectivity index (χ1n) is 18.8. The maximum atomic E-state index is 13.7. The van der Waals surface area contributed by atoms with Crippen molar-refractivity contribution < 1.29 is 13.3 Å². The molecule has 13 nitrogen and oxygen atoms in total. The number of nitrogens with one attached hydrogen (secondary N) is 2. The molecule has 2 N–H and O–H groups in total. The quantitative estimate of drug-likeness (QED) is 0.0555. The van der Waals surface area contributed by atoms with Crippen LogP contribution in [0.3, 0.4) is 0 Å². The number of pyridine rings is 1. The third-order valence-corrected chi connectivity index (χ3v) is 12.8. The molecule has 0 spiro atoms. The van der Waals surface area contributed by atoms with Crippen molar-refractivity contribution >= 4 is 67.2 Å². The average molecular weight is 838 g/mol. The molecule has 58 heavy (non-hydrogen) atoms. The van der Waals surface area contributed by atoms with Crippen LogP contribution in [0.1, 0.15) is 12.0 Å². The van der Waals surface area contributed by atoms with Gasteiger partial charge in [-0.15, -0.1) is 11.8 Å². The number of thioether (sulfide) groups is 1.